The first kappa shape index (κ1) is 16.6. The lowest BCUT2D eigenvalue weighted by molar-refractivity contribution is 0.134. The Kier molecular flexibility index (Phi) is 5.15. The van der Waals surface area contributed by atoms with Crippen LogP contribution in [0.4, 0.5) is 5.82 Å². The van der Waals surface area contributed by atoms with Crippen molar-refractivity contribution in [2.45, 2.75) is 52.5 Å². The molecule has 1 heterocycles. The van der Waals surface area contributed by atoms with Gasteiger partial charge in [0.1, 0.15) is 5.82 Å². The van der Waals surface area contributed by atoms with Gasteiger partial charge < -0.3 is 11.1 Å². The van der Waals surface area contributed by atoms with Crippen molar-refractivity contribution in [1.82, 2.24) is 10.3 Å². The summed E-state index contributed by atoms with van der Waals surface area (Å²) in [5.74, 6) is 2.02. The summed E-state index contributed by atoms with van der Waals surface area (Å²) in [6.45, 7) is 7.06. The smallest absolute Gasteiger partial charge is 0.128 e. The second kappa shape index (κ2) is 6.53. The zero-order valence-electron chi connectivity index (χ0n) is 13.6. The second-order valence-corrected chi connectivity index (χ2v) is 7.81. The van der Waals surface area contributed by atoms with E-state index in [1.165, 1.54) is 25.7 Å². The van der Waals surface area contributed by atoms with Crippen LogP contribution in [0.1, 0.15) is 58.1 Å². The zero-order chi connectivity index (χ0) is 15.6. The van der Waals surface area contributed by atoms with Crippen LogP contribution in [0.2, 0.25) is 5.02 Å². The number of nitrogen functional groups attached to an aromatic ring is 1. The minimum Gasteiger partial charge on any atom is -0.383 e. The zero-order valence-corrected chi connectivity index (χ0v) is 14.4. The molecule has 0 radical (unpaired) electrons. The lowest BCUT2D eigenvalue weighted by atomic mass is 9.68. The molecule has 0 aliphatic heterocycles. The van der Waals surface area contributed by atoms with Crippen molar-refractivity contribution < 1.29 is 0 Å². The number of anilines is 1. The van der Waals surface area contributed by atoms with Crippen molar-refractivity contribution in [3.05, 3.63) is 22.8 Å². The first-order chi connectivity index (χ1) is 9.82. The average molecular weight is 310 g/mol. The molecule has 1 unspecified atom stereocenters. The number of halogens is 1. The maximum absolute atomic E-state index is 6.09. The Morgan fingerprint density at radius 3 is 2.43 bits per heavy atom. The molecule has 1 atom stereocenters. The largest absolute Gasteiger partial charge is 0.383 e. The second-order valence-electron chi connectivity index (χ2n) is 7.37. The number of aromatic nitrogens is 1. The first-order valence-electron chi connectivity index (χ1n) is 7.91. The summed E-state index contributed by atoms with van der Waals surface area (Å²) < 4.78 is 0. The molecule has 0 bridgehead atoms. The Morgan fingerprint density at radius 1 is 1.29 bits per heavy atom. The molecule has 21 heavy (non-hydrogen) atoms. The van der Waals surface area contributed by atoms with Crippen molar-refractivity contribution in [3.8, 4) is 0 Å². The molecule has 1 aliphatic carbocycles. The van der Waals surface area contributed by atoms with Gasteiger partial charge in [0, 0.05) is 17.8 Å². The van der Waals surface area contributed by atoms with Gasteiger partial charge >= 0.3 is 0 Å². The number of nitrogens with one attached hydrogen (secondary N) is 1. The van der Waals surface area contributed by atoms with Crippen LogP contribution in [0, 0.1) is 17.3 Å². The van der Waals surface area contributed by atoms with Crippen molar-refractivity contribution in [3.63, 3.8) is 0 Å². The Morgan fingerprint density at radius 2 is 1.90 bits per heavy atom. The van der Waals surface area contributed by atoms with E-state index in [1.807, 2.05) is 13.1 Å². The third-order valence-corrected chi connectivity index (χ3v) is 5.24. The lowest BCUT2D eigenvalue weighted by Crippen LogP contribution is -2.32. The predicted octanol–water partition coefficient (Wildman–Crippen LogP) is 4.43. The molecule has 3 nitrogen and oxygen atoms in total. The van der Waals surface area contributed by atoms with E-state index in [2.05, 4.69) is 31.1 Å². The highest BCUT2D eigenvalue weighted by Gasteiger charge is 2.33. The van der Waals surface area contributed by atoms with Crippen LogP contribution in [0.3, 0.4) is 0 Å². The van der Waals surface area contributed by atoms with Gasteiger partial charge in [-0.05, 0) is 56.0 Å². The van der Waals surface area contributed by atoms with Gasteiger partial charge in [0.2, 0.25) is 0 Å². The van der Waals surface area contributed by atoms with E-state index in [0.717, 1.165) is 11.5 Å². The molecule has 4 heteroatoms. The lowest BCUT2D eigenvalue weighted by Gasteiger charge is -2.39. The minimum atomic E-state index is 0.247. The van der Waals surface area contributed by atoms with E-state index in [0.29, 0.717) is 22.2 Å². The van der Waals surface area contributed by atoms with Crippen molar-refractivity contribution in [1.29, 1.82) is 0 Å². The summed E-state index contributed by atoms with van der Waals surface area (Å²) in [7, 11) is 2.00. The molecule has 1 aromatic rings. The normalized spacial score (nSPS) is 24.8. The van der Waals surface area contributed by atoms with Gasteiger partial charge in [-0.1, -0.05) is 32.4 Å². The quantitative estimate of drug-likeness (QED) is 0.868. The number of pyridine rings is 1. The van der Waals surface area contributed by atoms with Crippen LogP contribution in [0.25, 0.3) is 0 Å². The number of rotatable bonds is 3. The highest BCUT2D eigenvalue weighted by atomic mass is 35.5. The number of hydrogen-bond acceptors (Lipinski definition) is 3. The van der Waals surface area contributed by atoms with Crippen LogP contribution in [0.5, 0.6) is 0 Å². The molecule has 1 aliphatic rings. The highest BCUT2D eigenvalue weighted by Crippen LogP contribution is 2.44. The summed E-state index contributed by atoms with van der Waals surface area (Å²) in [6.07, 6.45) is 6.67. The summed E-state index contributed by atoms with van der Waals surface area (Å²) in [6, 6.07) is 2.21. The van der Waals surface area contributed by atoms with Gasteiger partial charge in [0.25, 0.3) is 0 Å². The van der Waals surface area contributed by atoms with Crippen LogP contribution in [0.15, 0.2) is 12.3 Å². The molecule has 0 aromatic carbocycles. The molecule has 0 saturated heterocycles. The van der Waals surface area contributed by atoms with Crippen LogP contribution in [-0.2, 0) is 0 Å². The van der Waals surface area contributed by atoms with Crippen molar-refractivity contribution >= 4 is 17.4 Å². The third kappa shape index (κ3) is 3.89. The Balaban J connectivity index is 2.11. The maximum atomic E-state index is 6.09. The number of nitrogens with two attached hydrogens (primary N) is 1. The minimum absolute atomic E-state index is 0.247. The van der Waals surface area contributed by atoms with Gasteiger partial charge in [0.15, 0.2) is 0 Å². The summed E-state index contributed by atoms with van der Waals surface area (Å²) in [4.78, 5) is 4.20. The molecule has 0 spiro atoms. The highest BCUT2D eigenvalue weighted by molar-refractivity contribution is 6.30. The van der Waals surface area contributed by atoms with Gasteiger partial charge in [0.05, 0.1) is 5.02 Å². The average Bonchev–Trinajstić information content (AvgIpc) is 2.43. The Hall–Kier alpha value is -0.800. The van der Waals surface area contributed by atoms with E-state index in [9.17, 15) is 0 Å². The first-order valence-corrected chi connectivity index (χ1v) is 8.29. The fraction of sp³-hybridized carbons (Fsp3) is 0.706. The predicted molar refractivity (Wildman–Crippen MR) is 90.4 cm³/mol. The van der Waals surface area contributed by atoms with Crippen molar-refractivity contribution in [2.75, 3.05) is 12.8 Å². The van der Waals surface area contributed by atoms with Gasteiger partial charge in [-0.25, -0.2) is 4.98 Å². The third-order valence-electron chi connectivity index (χ3n) is 5.03. The van der Waals surface area contributed by atoms with Gasteiger partial charge in [-0.3, -0.25) is 0 Å². The van der Waals surface area contributed by atoms with Crippen LogP contribution >= 0.6 is 11.6 Å². The van der Waals surface area contributed by atoms with E-state index >= 15 is 0 Å². The molecule has 1 aromatic heterocycles. The monoisotopic (exact) mass is 309 g/mol. The summed E-state index contributed by atoms with van der Waals surface area (Å²) in [5, 5.41) is 4.09. The topological polar surface area (TPSA) is 50.9 Å². The fourth-order valence-corrected chi connectivity index (χ4v) is 3.84. The van der Waals surface area contributed by atoms with Crippen LogP contribution in [-0.4, -0.2) is 12.0 Å². The SMILES string of the molecule is CNC(c1cc(Cl)cnc1N)C1CCC(C(C)(C)C)CC1. The van der Waals surface area contributed by atoms with E-state index < -0.39 is 0 Å². The maximum Gasteiger partial charge on any atom is 0.128 e. The van der Waals surface area contributed by atoms with E-state index in [4.69, 9.17) is 17.3 Å². The summed E-state index contributed by atoms with van der Waals surface area (Å²) in [5.41, 5.74) is 7.52. The fourth-order valence-electron chi connectivity index (χ4n) is 3.68. The molecule has 0 amide bonds. The number of hydrogen-bond donors (Lipinski definition) is 2. The Labute approximate surface area is 133 Å². The van der Waals surface area contributed by atoms with Gasteiger partial charge in [-0.15, -0.1) is 0 Å². The molecule has 1 fully saturated rings. The number of nitrogens with zero attached hydrogens (tertiary/aromatic N) is 1. The van der Waals surface area contributed by atoms with Crippen molar-refractivity contribution in [2.24, 2.45) is 17.3 Å². The van der Waals surface area contributed by atoms with Crippen LogP contribution < -0.4 is 11.1 Å². The molecule has 118 valence electrons. The van der Waals surface area contributed by atoms with E-state index in [1.54, 1.807) is 6.20 Å². The molecule has 1 saturated carbocycles. The molecule has 3 N–H and O–H groups in total. The Bertz CT molecular complexity index is 473. The van der Waals surface area contributed by atoms with E-state index in [-0.39, 0.29) is 6.04 Å². The van der Waals surface area contributed by atoms with Gasteiger partial charge in [-0.2, -0.15) is 0 Å². The summed E-state index contributed by atoms with van der Waals surface area (Å²) >= 11 is 6.09. The standard InChI is InChI=1S/C17H28ClN3/c1-17(2,3)12-7-5-11(6-8-12)15(20-4)14-9-13(18)10-21-16(14)19/h9-12,15,20H,5-8H2,1-4H3,(H2,19,21). The molecular formula is C17H28ClN3. The molecule has 2 rings (SSSR count). The molecular weight excluding hydrogens is 282 g/mol.